The van der Waals surface area contributed by atoms with Gasteiger partial charge in [-0.2, -0.15) is 0 Å². The molecule has 0 bridgehead atoms. The number of Topliss-reactive ketones (excluding diaryl/α,β-unsaturated/α-hetero) is 1. The number of carbonyl (C=O) groups excluding carboxylic acids is 1. The van der Waals surface area contributed by atoms with Gasteiger partial charge in [-0.25, -0.2) is 4.39 Å². The fourth-order valence-corrected chi connectivity index (χ4v) is 1.79. The molecule has 18 heavy (non-hydrogen) atoms. The van der Waals surface area contributed by atoms with Crippen LogP contribution in [0.3, 0.4) is 0 Å². The topological polar surface area (TPSA) is 54.4 Å². The Kier molecular flexibility index (Phi) is 4.22. The van der Waals surface area contributed by atoms with Crippen molar-refractivity contribution in [3.63, 3.8) is 0 Å². The Morgan fingerprint density at radius 3 is 1.94 bits per heavy atom. The summed E-state index contributed by atoms with van der Waals surface area (Å²) in [5.41, 5.74) is 1.16. The Bertz CT molecular complexity index is 471. The highest BCUT2D eigenvalue weighted by atomic mass is 19.1. The molecule has 0 saturated carbocycles. The highest BCUT2D eigenvalue weighted by molar-refractivity contribution is 5.99. The third-order valence-electron chi connectivity index (χ3n) is 3.27. The van der Waals surface area contributed by atoms with E-state index in [2.05, 4.69) is 0 Å². The summed E-state index contributed by atoms with van der Waals surface area (Å²) < 4.78 is 13.5. The van der Waals surface area contributed by atoms with E-state index in [1.807, 2.05) is 0 Å². The van der Waals surface area contributed by atoms with E-state index in [4.69, 9.17) is 5.11 Å². The van der Waals surface area contributed by atoms with Crippen molar-refractivity contribution in [1.82, 2.24) is 0 Å². The van der Waals surface area contributed by atoms with Crippen LogP contribution >= 0.6 is 0 Å². The molecule has 2 atom stereocenters. The van der Waals surface area contributed by atoms with Gasteiger partial charge in [0.1, 0.15) is 5.82 Å². The van der Waals surface area contributed by atoms with Gasteiger partial charge >= 0.3 is 5.97 Å². The van der Waals surface area contributed by atoms with E-state index in [0.717, 1.165) is 0 Å². The summed E-state index contributed by atoms with van der Waals surface area (Å²) in [6, 6.07) is 2.94. The molecule has 0 saturated heterocycles. The second-order valence-corrected chi connectivity index (χ2v) is 4.70. The lowest BCUT2D eigenvalue weighted by molar-refractivity contribution is -0.142. The van der Waals surface area contributed by atoms with E-state index in [1.54, 1.807) is 20.8 Å². The molecule has 0 heterocycles. The minimum absolute atomic E-state index is 0.267. The van der Waals surface area contributed by atoms with Crippen LogP contribution < -0.4 is 0 Å². The summed E-state index contributed by atoms with van der Waals surface area (Å²) in [6.07, 6.45) is 0. The second-order valence-electron chi connectivity index (χ2n) is 4.70. The van der Waals surface area contributed by atoms with Gasteiger partial charge in [-0.1, -0.05) is 13.8 Å². The summed E-state index contributed by atoms with van der Waals surface area (Å²) in [6.45, 7) is 6.25. The van der Waals surface area contributed by atoms with Crippen molar-refractivity contribution in [3.05, 3.63) is 34.6 Å². The molecule has 1 N–H and O–H groups in total. The van der Waals surface area contributed by atoms with Crippen molar-refractivity contribution in [3.8, 4) is 0 Å². The number of carbonyl (C=O) groups is 2. The van der Waals surface area contributed by atoms with Gasteiger partial charge in [-0.05, 0) is 37.1 Å². The molecule has 0 aliphatic rings. The van der Waals surface area contributed by atoms with Crippen molar-refractivity contribution < 1.29 is 19.1 Å². The molecule has 98 valence electrons. The van der Waals surface area contributed by atoms with Crippen LogP contribution in [0.25, 0.3) is 0 Å². The van der Waals surface area contributed by atoms with Crippen LogP contribution in [-0.2, 0) is 4.79 Å². The number of hydrogen-bond acceptors (Lipinski definition) is 2. The first-order chi connectivity index (χ1) is 8.25. The Balaban J connectivity index is 3.08. The molecule has 1 aromatic carbocycles. The summed E-state index contributed by atoms with van der Waals surface area (Å²) in [4.78, 5) is 23.0. The molecule has 4 heteroatoms. The zero-order valence-electron chi connectivity index (χ0n) is 11.0. The van der Waals surface area contributed by atoms with Crippen LogP contribution in [-0.4, -0.2) is 16.9 Å². The van der Waals surface area contributed by atoms with Gasteiger partial charge in [-0.15, -0.1) is 0 Å². The molecular formula is C14H17FO3. The normalized spacial score (nSPS) is 14.1. The molecule has 1 rings (SSSR count). The minimum Gasteiger partial charge on any atom is -0.481 e. The standard InChI is InChI=1S/C14H17FO3/c1-7-5-11(6-8(2)12(7)15)13(16)9(3)10(4)14(17)18/h5-6,9-10H,1-4H3,(H,17,18). The van der Waals surface area contributed by atoms with Gasteiger partial charge in [0.05, 0.1) is 5.92 Å². The predicted octanol–water partition coefficient (Wildman–Crippen LogP) is 2.98. The van der Waals surface area contributed by atoms with E-state index >= 15 is 0 Å². The molecule has 0 aliphatic heterocycles. The van der Waals surface area contributed by atoms with Gasteiger partial charge in [0.25, 0.3) is 0 Å². The smallest absolute Gasteiger partial charge is 0.306 e. The number of carboxylic acid groups (broad SMARTS) is 1. The first-order valence-corrected chi connectivity index (χ1v) is 5.79. The molecule has 0 aliphatic carbocycles. The third-order valence-corrected chi connectivity index (χ3v) is 3.27. The van der Waals surface area contributed by atoms with Gasteiger partial charge in [0.15, 0.2) is 5.78 Å². The van der Waals surface area contributed by atoms with Crippen molar-refractivity contribution in [2.24, 2.45) is 11.8 Å². The lowest BCUT2D eigenvalue weighted by Gasteiger charge is -2.15. The SMILES string of the molecule is Cc1cc(C(=O)C(C)C(C)C(=O)O)cc(C)c1F. The maximum absolute atomic E-state index is 13.5. The van der Waals surface area contributed by atoms with Crippen LogP contribution in [0.4, 0.5) is 4.39 Å². The highest BCUT2D eigenvalue weighted by Gasteiger charge is 2.27. The number of carboxylic acids is 1. The number of ketones is 1. The Morgan fingerprint density at radius 2 is 1.56 bits per heavy atom. The first kappa shape index (κ1) is 14.4. The van der Waals surface area contributed by atoms with E-state index in [9.17, 15) is 14.0 Å². The zero-order chi connectivity index (χ0) is 14.0. The second kappa shape index (κ2) is 5.29. The highest BCUT2D eigenvalue weighted by Crippen LogP contribution is 2.21. The molecule has 0 fully saturated rings. The summed E-state index contributed by atoms with van der Waals surface area (Å²) in [7, 11) is 0. The van der Waals surface area contributed by atoms with E-state index in [1.165, 1.54) is 19.1 Å². The number of hydrogen-bond donors (Lipinski definition) is 1. The fourth-order valence-electron chi connectivity index (χ4n) is 1.79. The number of benzene rings is 1. The van der Waals surface area contributed by atoms with Crippen molar-refractivity contribution in [2.75, 3.05) is 0 Å². The molecular weight excluding hydrogens is 235 g/mol. The largest absolute Gasteiger partial charge is 0.481 e. The van der Waals surface area contributed by atoms with Gasteiger partial charge in [0.2, 0.25) is 0 Å². The Hall–Kier alpha value is -1.71. The Morgan fingerprint density at radius 1 is 1.11 bits per heavy atom. The predicted molar refractivity (Wildman–Crippen MR) is 66.2 cm³/mol. The van der Waals surface area contributed by atoms with E-state index in [0.29, 0.717) is 16.7 Å². The number of aryl methyl sites for hydroxylation is 2. The van der Waals surface area contributed by atoms with E-state index in [-0.39, 0.29) is 11.6 Å². The number of aliphatic carboxylic acids is 1. The molecule has 3 nitrogen and oxygen atoms in total. The van der Waals surface area contributed by atoms with Gasteiger partial charge in [0, 0.05) is 11.5 Å². The van der Waals surface area contributed by atoms with E-state index < -0.39 is 17.8 Å². The van der Waals surface area contributed by atoms with Crippen LogP contribution in [0.15, 0.2) is 12.1 Å². The number of rotatable bonds is 4. The average molecular weight is 252 g/mol. The van der Waals surface area contributed by atoms with Crippen molar-refractivity contribution in [2.45, 2.75) is 27.7 Å². The summed E-state index contributed by atoms with van der Waals surface area (Å²) in [5, 5.41) is 8.89. The Labute approximate surface area is 106 Å². The number of halogens is 1. The van der Waals surface area contributed by atoms with Gasteiger partial charge < -0.3 is 5.11 Å². The summed E-state index contributed by atoms with van der Waals surface area (Å²) >= 11 is 0. The first-order valence-electron chi connectivity index (χ1n) is 5.79. The maximum atomic E-state index is 13.5. The monoisotopic (exact) mass is 252 g/mol. The van der Waals surface area contributed by atoms with Crippen LogP contribution in [0.1, 0.15) is 35.3 Å². The maximum Gasteiger partial charge on any atom is 0.306 e. The lowest BCUT2D eigenvalue weighted by atomic mass is 9.87. The van der Waals surface area contributed by atoms with Crippen molar-refractivity contribution >= 4 is 11.8 Å². The molecule has 0 radical (unpaired) electrons. The van der Waals surface area contributed by atoms with Crippen LogP contribution in [0, 0.1) is 31.5 Å². The molecule has 1 aromatic rings. The minimum atomic E-state index is -1.01. The fraction of sp³-hybridized carbons (Fsp3) is 0.429. The molecule has 2 unspecified atom stereocenters. The summed E-state index contributed by atoms with van der Waals surface area (Å²) in [5.74, 6) is -3.00. The van der Waals surface area contributed by atoms with Crippen LogP contribution in [0.2, 0.25) is 0 Å². The van der Waals surface area contributed by atoms with Gasteiger partial charge in [-0.3, -0.25) is 9.59 Å². The van der Waals surface area contributed by atoms with Crippen molar-refractivity contribution in [1.29, 1.82) is 0 Å². The zero-order valence-corrected chi connectivity index (χ0v) is 11.0. The quantitative estimate of drug-likeness (QED) is 0.838. The molecule has 0 aromatic heterocycles. The molecule has 0 spiro atoms. The van der Waals surface area contributed by atoms with Crippen LogP contribution in [0.5, 0.6) is 0 Å². The third kappa shape index (κ3) is 2.75. The average Bonchev–Trinajstić information content (AvgIpc) is 2.32. The lowest BCUT2D eigenvalue weighted by Crippen LogP contribution is -2.25. The molecule has 0 amide bonds.